The number of aliphatic hydroxyl groups excluding tert-OH is 1. The van der Waals surface area contributed by atoms with Crippen molar-refractivity contribution in [1.82, 2.24) is 10.6 Å². The number of carbonyl (C=O) groups excluding carboxylic acids is 2. The van der Waals surface area contributed by atoms with Crippen molar-refractivity contribution >= 4 is 40.9 Å². The van der Waals surface area contributed by atoms with Crippen molar-refractivity contribution in [1.29, 1.82) is 0 Å². The van der Waals surface area contributed by atoms with E-state index >= 15 is 0 Å². The summed E-state index contributed by atoms with van der Waals surface area (Å²) >= 11 is 12.1. The van der Waals surface area contributed by atoms with Gasteiger partial charge in [-0.05, 0) is 54.9 Å². The van der Waals surface area contributed by atoms with Gasteiger partial charge in [0, 0.05) is 55.0 Å². The molecule has 0 bridgehead atoms. The van der Waals surface area contributed by atoms with Crippen LogP contribution in [0, 0.1) is 0 Å². The normalized spacial score (nSPS) is 15.8. The van der Waals surface area contributed by atoms with E-state index in [1.54, 1.807) is 13.0 Å². The average Bonchev–Trinajstić information content (AvgIpc) is 3.43. The van der Waals surface area contributed by atoms with Gasteiger partial charge in [0.2, 0.25) is 0 Å². The number of benzene rings is 4. The summed E-state index contributed by atoms with van der Waals surface area (Å²) in [5.74, 6) is 1.34. The van der Waals surface area contributed by atoms with Crippen molar-refractivity contribution in [3.8, 4) is 17.2 Å². The van der Waals surface area contributed by atoms with Crippen LogP contribution >= 0.6 is 23.2 Å². The molecule has 4 aromatic rings. The van der Waals surface area contributed by atoms with E-state index in [0.29, 0.717) is 93.1 Å². The van der Waals surface area contributed by atoms with Crippen molar-refractivity contribution < 1.29 is 43.1 Å². The zero-order valence-electron chi connectivity index (χ0n) is 32.1. The van der Waals surface area contributed by atoms with Gasteiger partial charge in [0.1, 0.15) is 18.5 Å². The summed E-state index contributed by atoms with van der Waals surface area (Å²) in [5, 5.41) is 17.5. The molecule has 1 fully saturated rings. The van der Waals surface area contributed by atoms with E-state index in [9.17, 15) is 14.7 Å². The summed E-state index contributed by atoms with van der Waals surface area (Å²) in [6, 6.07) is 30.3. The number of amides is 2. The smallest absolute Gasteiger partial charge is 0.422 e. The zero-order valence-corrected chi connectivity index (χ0v) is 33.6. The molecule has 2 amide bonds. The van der Waals surface area contributed by atoms with Gasteiger partial charge in [0.25, 0.3) is 5.91 Å². The molecule has 1 saturated heterocycles. The van der Waals surface area contributed by atoms with Crippen molar-refractivity contribution in [2.75, 3.05) is 77.3 Å². The number of carbonyl (C=O) groups is 2. The number of nitrogens with one attached hydrogen (secondary N) is 2. The second kappa shape index (κ2) is 23.1. The molecule has 4 aromatic carbocycles. The molecule has 5 rings (SSSR count). The number of imide groups is 1. The fraction of sp³-hybridized carbons (Fsp3) is 0.395. The van der Waals surface area contributed by atoms with Crippen molar-refractivity contribution in [3.63, 3.8) is 0 Å². The van der Waals surface area contributed by atoms with E-state index in [0.717, 1.165) is 17.7 Å². The first-order chi connectivity index (χ1) is 27.7. The molecule has 0 aromatic heterocycles. The van der Waals surface area contributed by atoms with Crippen LogP contribution in [0.15, 0.2) is 97.1 Å². The SMILES string of the molecule is C[C@]1(CCNCCOCCOCCNC[C@@H](O)COc2ccc(OCCc3ccccc3)c(OCCc3ccccc3)c2)OC(=O)N(c2cc(Cl)cc(Cl)c2)C1=O. The van der Waals surface area contributed by atoms with Crippen molar-refractivity contribution in [2.45, 2.75) is 37.9 Å². The summed E-state index contributed by atoms with van der Waals surface area (Å²) in [5.41, 5.74) is 1.34. The predicted octanol–water partition coefficient (Wildman–Crippen LogP) is 6.52. The van der Waals surface area contributed by atoms with Crippen LogP contribution in [-0.4, -0.2) is 101 Å². The first-order valence-electron chi connectivity index (χ1n) is 19.1. The number of ether oxygens (including phenoxy) is 6. The number of hydrogen-bond donors (Lipinski definition) is 3. The summed E-state index contributed by atoms with van der Waals surface area (Å²) in [4.78, 5) is 26.5. The maximum absolute atomic E-state index is 13.0. The number of cyclic esters (lactones) is 1. The van der Waals surface area contributed by atoms with Crippen molar-refractivity contribution in [3.05, 3.63) is 118 Å². The fourth-order valence-electron chi connectivity index (χ4n) is 5.89. The number of nitrogens with zero attached hydrogens (tertiary/aromatic N) is 1. The topological polar surface area (TPSA) is 137 Å². The molecular weight excluding hydrogens is 773 g/mol. The Morgan fingerprint density at radius 2 is 1.30 bits per heavy atom. The number of halogens is 2. The van der Waals surface area contributed by atoms with Crippen molar-refractivity contribution in [2.24, 2.45) is 0 Å². The molecule has 57 heavy (non-hydrogen) atoms. The lowest BCUT2D eigenvalue weighted by Gasteiger charge is -2.20. The van der Waals surface area contributed by atoms with Gasteiger partial charge in [-0.1, -0.05) is 83.9 Å². The standard InChI is InChI=1S/C43H51Cl2N3O9/c1-43(41(50)48(42(51)57-43)36-27-34(44)26-35(45)28-36)16-17-46-18-22-52-24-25-53-23-19-47-30-37(49)31-56-38-12-13-39(54-20-14-32-8-4-2-5-9-32)40(29-38)55-21-15-33-10-6-3-7-11-33/h2-13,26-29,37,46-47,49H,14-25,30-31H2,1H3/t37-,43-/m1/s1. The van der Waals surface area contributed by atoms with E-state index < -0.39 is 23.7 Å². The number of anilines is 1. The monoisotopic (exact) mass is 823 g/mol. The van der Waals surface area contributed by atoms with E-state index in [-0.39, 0.29) is 18.7 Å². The molecule has 14 heteroatoms. The van der Waals surface area contributed by atoms with Gasteiger partial charge < -0.3 is 44.2 Å². The Morgan fingerprint density at radius 3 is 1.93 bits per heavy atom. The minimum absolute atomic E-state index is 0.102. The highest BCUT2D eigenvalue weighted by Gasteiger charge is 2.50. The third kappa shape index (κ3) is 14.5. The average molecular weight is 825 g/mol. The molecule has 0 aliphatic carbocycles. The Kier molecular flexibility index (Phi) is 17.7. The Bertz CT molecular complexity index is 1820. The molecule has 2 atom stereocenters. The molecule has 1 aliphatic rings. The molecular formula is C43H51Cl2N3O9. The highest BCUT2D eigenvalue weighted by molar-refractivity contribution is 6.35. The van der Waals surface area contributed by atoms with E-state index in [1.165, 1.54) is 29.3 Å². The molecule has 0 saturated carbocycles. The molecule has 12 nitrogen and oxygen atoms in total. The number of rotatable bonds is 26. The van der Waals surface area contributed by atoms with Gasteiger partial charge in [0.05, 0.1) is 45.3 Å². The largest absolute Gasteiger partial charge is 0.491 e. The summed E-state index contributed by atoms with van der Waals surface area (Å²) in [6.07, 6.45) is 0.316. The zero-order chi connectivity index (χ0) is 40.3. The summed E-state index contributed by atoms with van der Waals surface area (Å²) in [7, 11) is 0. The second-order valence-corrected chi connectivity index (χ2v) is 14.4. The Balaban J connectivity index is 0.900. The molecule has 0 radical (unpaired) electrons. The predicted molar refractivity (Wildman–Crippen MR) is 220 cm³/mol. The van der Waals surface area contributed by atoms with Gasteiger partial charge in [-0.15, -0.1) is 0 Å². The van der Waals surface area contributed by atoms with Crippen LogP contribution < -0.4 is 29.7 Å². The molecule has 1 heterocycles. The third-order valence-electron chi connectivity index (χ3n) is 8.97. The number of hydrogen-bond acceptors (Lipinski definition) is 11. The quantitative estimate of drug-likeness (QED) is 0.0598. The number of aliphatic hydroxyl groups is 1. The van der Waals surface area contributed by atoms with Gasteiger partial charge in [-0.2, -0.15) is 0 Å². The molecule has 0 unspecified atom stereocenters. The molecule has 1 aliphatic heterocycles. The van der Waals surface area contributed by atoms with Crippen LogP contribution in [0.5, 0.6) is 17.2 Å². The minimum atomic E-state index is -1.31. The van der Waals surface area contributed by atoms with Crippen LogP contribution in [0.3, 0.4) is 0 Å². The Morgan fingerprint density at radius 1 is 0.702 bits per heavy atom. The minimum Gasteiger partial charge on any atom is -0.491 e. The van der Waals surface area contributed by atoms with Gasteiger partial charge in [-0.25, -0.2) is 9.69 Å². The van der Waals surface area contributed by atoms with Crippen LogP contribution in [0.4, 0.5) is 10.5 Å². The van der Waals surface area contributed by atoms with Gasteiger partial charge in [-0.3, -0.25) is 4.79 Å². The highest BCUT2D eigenvalue weighted by Crippen LogP contribution is 2.35. The first kappa shape index (κ1) is 43.7. The van der Waals surface area contributed by atoms with Gasteiger partial charge >= 0.3 is 6.09 Å². The lowest BCUT2D eigenvalue weighted by molar-refractivity contribution is -0.129. The van der Waals surface area contributed by atoms with Crippen LogP contribution in [0.25, 0.3) is 0 Å². The molecule has 3 N–H and O–H groups in total. The Labute approximate surface area is 344 Å². The summed E-state index contributed by atoms with van der Waals surface area (Å²) < 4.78 is 34.8. The van der Waals surface area contributed by atoms with E-state index in [2.05, 4.69) is 34.9 Å². The lowest BCUT2D eigenvalue weighted by Crippen LogP contribution is -2.41. The van der Waals surface area contributed by atoms with Gasteiger partial charge in [0.15, 0.2) is 17.1 Å². The second-order valence-electron chi connectivity index (χ2n) is 13.5. The first-order valence-corrected chi connectivity index (χ1v) is 19.8. The highest BCUT2D eigenvalue weighted by atomic mass is 35.5. The van der Waals surface area contributed by atoms with Crippen LogP contribution in [0.2, 0.25) is 10.0 Å². The third-order valence-corrected chi connectivity index (χ3v) is 9.41. The van der Waals surface area contributed by atoms with E-state index in [4.69, 9.17) is 51.6 Å². The fourth-order valence-corrected chi connectivity index (χ4v) is 6.40. The maximum Gasteiger partial charge on any atom is 0.422 e. The van der Waals surface area contributed by atoms with E-state index in [1.807, 2.05) is 48.5 Å². The Hall–Kier alpha value is -4.40. The molecule has 306 valence electrons. The maximum atomic E-state index is 13.0. The van der Waals surface area contributed by atoms with Crippen LogP contribution in [-0.2, 0) is 31.8 Å². The molecule has 0 spiro atoms. The van der Waals surface area contributed by atoms with Crippen LogP contribution in [0.1, 0.15) is 24.5 Å². The lowest BCUT2D eigenvalue weighted by atomic mass is 10.0. The summed E-state index contributed by atoms with van der Waals surface area (Å²) in [6.45, 7) is 6.27.